The minimum absolute atomic E-state index is 0.135. The fourth-order valence-electron chi connectivity index (χ4n) is 2.34. The first-order chi connectivity index (χ1) is 14.1. The summed E-state index contributed by atoms with van der Waals surface area (Å²) in [5, 5.41) is 3.21. The van der Waals surface area contributed by atoms with Crippen LogP contribution in [0.1, 0.15) is 15.2 Å². The van der Waals surface area contributed by atoms with Crippen LogP contribution in [0.5, 0.6) is 5.75 Å². The molecule has 0 aliphatic heterocycles. The number of esters is 1. The van der Waals surface area contributed by atoms with Crippen LogP contribution in [0.25, 0.3) is 9.53 Å². The van der Waals surface area contributed by atoms with Crippen molar-refractivity contribution >= 4 is 49.2 Å². The summed E-state index contributed by atoms with van der Waals surface area (Å²) in [6.07, 6.45) is -4.84. The molecular weight excluding hydrogens is 443 g/mol. The summed E-state index contributed by atoms with van der Waals surface area (Å²) < 4.78 is 47.0. The average Bonchev–Trinajstić information content (AvgIpc) is 3.23. The van der Waals surface area contributed by atoms with Crippen LogP contribution in [-0.2, 0) is 16.1 Å². The topological polar surface area (TPSA) is 80.8 Å². The number of thiazole rings is 1. The van der Waals surface area contributed by atoms with E-state index in [1.165, 1.54) is 29.5 Å². The zero-order chi connectivity index (χ0) is 21.9. The van der Waals surface area contributed by atoms with Crippen LogP contribution < -0.4 is 15.0 Å². The molecule has 2 aromatic heterocycles. The van der Waals surface area contributed by atoms with E-state index >= 15 is 0 Å². The number of nitrogens with one attached hydrogen (secondary N) is 1. The number of nitrogens with zero attached hydrogens (tertiary/aromatic N) is 2. The van der Waals surface area contributed by atoms with Crippen molar-refractivity contribution < 1.29 is 32.2 Å². The van der Waals surface area contributed by atoms with E-state index in [-0.39, 0.29) is 12.1 Å². The van der Waals surface area contributed by atoms with E-state index in [2.05, 4.69) is 15.0 Å². The summed E-state index contributed by atoms with van der Waals surface area (Å²) in [5.41, 5.74) is 0.135. The molecule has 1 aromatic carbocycles. The van der Waals surface area contributed by atoms with Crippen molar-refractivity contribution in [3.05, 3.63) is 40.8 Å². The number of amides is 1. The van der Waals surface area contributed by atoms with Crippen LogP contribution >= 0.6 is 22.7 Å². The maximum atomic E-state index is 12.4. The second kappa shape index (κ2) is 8.88. The molecule has 0 atom stereocenters. The standard InChI is InChI=1S/C18H16F3N3O4S2/c1-24(2)17-23-15-12(30-17)7-13(29-15)16(26)27-9-14(25)22-8-10-5-3-4-6-11(10)28-18(19,20)21/h3-7H,8-9H2,1-2H3,(H,22,25). The lowest BCUT2D eigenvalue weighted by Gasteiger charge is -2.13. The molecule has 0 fully saturated rings. The Kier molecular flexibility index (Phi) is 6.46. The van der Waals surface area contributed by atoms with Crippen LogP contribution in [0.4, 0.5) is 18.3 Å². The van der Waals surface area contributed by atoms with Crippen molar-refractivity contribution in [1.82, 2.24) is 10.3 Å². The summed E-state index contributed by atoms with van der Waals surface area (Å²) in [6, 6.07) is 7.09. The van der Waals surface area contributed by atoms with Gasteiger partial charge in [-0.1, -0.05) is 29.5 Å². The Bertz CT molecular complexity index is 1030. The predicted octanol–water partition coefficient (Wildman–Crippen LogP) is 3.80. The minimum Gasteiger partial charge on any atom is -0.451 e. The smallest absolute Gasteiger partial charge is 0.451 e. The van der Waals surface area contributed by atoms with Crippen molar-refractivity contribution in [2.24, 2.45) is 0 Å². The van der Waals surface area contributed by atoms with Gasteiger partial charge >= 0.3 is 12.3 Å². The summed E-state index contributed by atoms with van der Waals surface area (Å²) >= 11 is 2.58. The third-order valence-electron chi connectivity index (χ3n) is 3.67. The van der Waals surface area contributed by atoms with Crippen LogP contribution in [-0.4, -0.2) is 43.9 Å². The molecule has 7 nitrogen and oxygen atoms in total. The fraction of sp³-hybridized carbons (Fsp3) is 0.278. The predicted molar refractivity (Wildman–Crippen MR) is 107 cm³/mol. The Morgan fingerprint density at radius 1 is 1.20 bits per heavy atom. The lowest BCUT2D eigenvalue weighted by Crippen LogP contribution is -2.28. The van der Waals surface area contributed by atoms with Crippen LogP contribution in [0.2, 0.25) is 0 Å². The first kappa shape index (κ1) is 21.8. The highest BCUT2D eigenvalue weighted by Crippen LogP contribution is 2.34. The number of fused-ring (bicyclic) bond motifs is 1. The Balaban J connectivity index is 1.52. The molecule has 0 unspecified atom stereocenters. The van der Waals surface area contributed by atoms with Crippen molar-refractivity contribution in [3.63, 3.8) is 0 Å². The number of carbonyl (C=O) groups excluding carboxylic acids is 2. The van der Waals surface area contributed by atoms with E-state index in [1.54, 1.807) is 6.07 Å². The van der Waals surface area contributed by atoms with E-state index in [0.29, 0.717) is 9.71 Å². The van der Waals surface area contributed by atoms with Gasteiger partial charge in [0.1, 0.15) is 15.5 Å². The SMILES string of the molecule is CN(C)c1nc2sc(C(=O)OCC(=O)NCc3ccccc3OC(F)(F)F)cc2s1. The molecule has 12 heteroatoms. The maximum absolute atomic E-state index is 12.4. The molecule has 0 radical (unpaired) electrons. The number of thiophene rings is 1. The highest BCUT2D eigenvalue weighted by Gasteiger charge is 2.32. The Labute approximate surface area is 177 Å². The van der Waals surface area contributed by atoms with E-state index in [1.807, 2.05) is 19.0 Å². The first-order valence-corrected chi connectivity index (χ1v) is 10.1. The average molecular weight is 459 g/mol. The van der Waals surface area contributed by atoms with Gasteiger partial charge in [0.15, 0.2) is 11.7 Å². The number of aromatic nitrogens is 1. The monoisotopic (exact) mass is 459 g/mol. The molecule has 0 aliphatic carbocycles. The van der Waals surface area contributed by atoms with Crippen LogP contribution in [0.3, 0.4) is 0 Å². The molecule has 3 rings (SSSR count). The normalized spacial score (nSPS) is 11.4. The zero-order valence-electron chi connectivity index (χ0n) is 15.8. The first-order valence-electron chi connectivity index (χ1n) is 8.47. The Morgan fingerprint density at radius 3 is 2.60 bits per heavy atom. The molecule has 1 N–H and O–H groups in total. The van der Waals surface area contributed by atoms with Gasteiger partial charge in [-0.2, -0.15) is 0 Å². The Morgan fingerprint density at radius 2 is 1.93 bits per heavy atom. The summed E-state index contributed by atoms with van der Waals surface area (Å²) in [6.45, 7) is -0.780. The number of para-hydroxylation sites is 1. The largest absolute Gasteiger partial charge is 0.573 e. The van der Waals surface area contributed by atoms with Crippen molar-refractivity contribution in [3.8, 4) is 5.75 Å². The van der Waals surface area contributed by atoms with Gasteiger partial charge < -0.3 is 19.7 Å². The Hall–Kier alpha value is -2.86. The van der Waals surface area contributed by atoms with Gasteiger partial charge in [-0.25, -0.2) is 9.78 Å². The van der Waals surface area contributed by atoms with Crippen LogP contribution in [0.15, 0.2) is 30.3 Å². The van der Waals surface area contributed by atoms with Gasteiger partial charge in [0, 0.05) is 26.2 Å². The molecule has 0 saturated carbocycles. The number of ether oxygens (including phenoxy) is 2. The molecular formula is C18H16F3N3O4S2. The van der Waals surface area contributed by atoms with Crippen molar-refractivity contribution in [1.29, 1.82) is 0 Å². The molecule has 0 bridgehead atoms. The van der Waals surface area contributed by atoms with Crippen molar-refractivity contribution in [2.75, 3.05) is 25.6 Å². The lowest BCUT2D eigenvalue weighted by atomic mass is 10.2. The maximum Gasteiger partial charge on any atom is 0.573 e. The van der Waals surface area contributed by atoms with Crippen molar-refractivity contribution in [2.45, 2.75) is 12.9 Å². The lowest BCUT2D eigenvalue weighted by molar-refractivity contribution is -0.274. The number of anilines is 1. The molecule has 0 saturated heterocycles. The summed E-state index contributed by atoms with van der Waals surface area (Å²) in [5.74, 6) is -1.74. The minimum atomic E-state index is -4.84. The second-order valence-electron chi connectivity index (χ2n) is 6.18. The van der Waals surface area contributed by atoms with Gasteiger partial charge in [-0.15, -0.1) is 24.5 Å². The fourth-order valence-corrected chi connectivity index (χ4v) is 4.36. The zero-order valence-corrected chi connectivity index (χ0v) is 17.4. The highest BCUT2D eigenvalue weighted by atomic mass is 32.1. The summed E-state index contributed by atoms with van der Waals surface area (Å²) in [7, 11) is 3.73. The van der Waals surface area contributed by atoms with Gasteiger partial charge in [0.2, 0.25) is 0 Å². The molecule has 2 heterocycles. The highest BCUT2D eigenvalue weighted by molar-refractivity contribution is 7.29. The molecule has 0 spiro atoms. The molecule has 1 amide bonds. The number of halogens is 3. The molecule has 160 valence electrons. The second-order valence-corrected chi connectivity index (χ2v) is 8.22. The third kappa shape index (κ3) is 5.60. The number of rotatable bonds is 7. The number of alkyl halides is 3. The van der Waals surface area contributed by atoms with Gasteiger partial charge in [-0.05, 0) is 12.1 Å². The van der Waals surface area contributed by atoms with Crippen LogP contribution in [0, 0.1) is 0 Å². The quantitative estimate of drug-likeness (QED) is 0.542. The number of carbonyl (C=O) groups is 2. The molecule has 3 aromatic rings. The number of benzene rings is 1. The molecule has 30 heavy (non-hydrogen) atoms. The molecule has 0 aliphatic rings. The third-order valence-corrected chi connectivity index (χ3v) is 5.98. The van der Waals surface area contributed by atoms with Gasteiger partial charge in [0.25, 0.3) is 5.91 Å². The van der Waals surface area contributed by atoms with E-state index < -0.39 is 30.6 Å². The number of hydrogen-bond donors (Lipinski definition) is 1. The van der Waals surface area contributed by atoms with Gasteiger partial charge in [-0.3, -0.25) is 4.79 Å². The van der Waals surface area contributed by atoms with E-state index in [4.69, 9.17) is 4.74 Å². The van der Waals surface area contributed by atoms with Gasteiger partial charge in [0.05, 0.1) is 4.70 Å². The van der Waals surface area contributed by atoms with E-state index in [0.717, 1.165) is 27.2 Å². The van der Waals surface area contributed by atoms with E-state index in [9.17, 15) is 22.8 Å². The number of hydrogen-bond acceptors (Lipinski definition) is 8. The summed E-state index contributed by atoms with van der Waals surface area (Å²) in [4.78, 5) is 31.3.